The lowest BCUT2D eigenvalue weighted by Gasteiger charge is -2.17. The van der Waals surface area contributed by atoms with Crippen LogP contribution in [0.5, 0.6) is 5.75 Å². The first-order valence-corrected chi connectivity index (χ1v) is 7.49. The maximum absolute atomic E-state index is 9.10. The maximum atomic E-state index is 9.10. The van der Waals surface area contributed by atoms with Crippen molar-refractivity contribution >= 4 is 17.8 Å². The molecule has 7 nitrogen and oxygen atoms in total. The zero-order valence-electron chi connectivity index (χ0n) is 12.9. The molecule has 1 aromatic rings. The van der Waals surface area contributed by atoms with Gasteiger partial charge in [-0.3, -0.25) is 4.99 Å². The SMILES string of the molecule is C[C@@H](Oc1ccccc1C1CC1)C1=NCCN1.O=C(O)C(=O)O. The number of benzene rings is 1. The van der Waals surface area contributed by atoms with Gasteiger partial charge >= 0.3 is 11.9 Å². The molecule has 23 heavy (non-hydrogen) atoms. The molecule has 1 aromatic carbocycles. The Hall–Kier alpha value is -2.57. The highest BCUT2D eigenvalue weighted by Gasteiger charge is 2.27. The van der Waals surface area contributed by atoms with Crippen LogP contribution in [0.15, 0.2) is 29.3 Å². The second-order valence-electron chi connectivity index (χ2n) is 5.38. The first-order valence-electron chi connectivity index (χ1n) is 7.49. The molecule has 0 radical (unpaired) electrons. The number of ether oxygens (including phenoxy) is 1. The number of aliphatic carboxylic acids is 2. The third kappa shape index (κ3) is 4.98. The Morgan fingerprint density at radius 1 is 1.26 bits per heavy atom. The van der Waals surface area contributed by atoms with E-state index >= 15 is 0 Å². The van der Waals surface area contributed by atoms with E-state index in [9.17, 15) is 0 Å². The van der Waals surface area contributed by atoms with Crippen LogP contribution in [-0.4, -0.2) is 47.2 Å². The fraction of sp³-hybridized carbons (Fsp3) is 0.438. The van der Waals surface area contributed by atoms with E-state index in [1.807, 2.05) is 6.07 Å². The highest BCUT2D eigenvalue weighted by molar-refractivity contribution is 6.27. The van der Waals surface area contributed by atoms with Gasteiger partial charge in [-0.25, -0.2) is 9.59 Å². The molecule has 1 aliphatic carbocycles. The van der Waals surface area contributed by atoms with Crippen LogP contribution in [0, 0.1) is 0 Å². The average molecular weight is 320 g/mol. The van der Waals surface area contributed by atoms with E-state index in [4.69, 9.17) is 24.5 Å². The van der Waals surface area contributed by atoms with Gasteiger partial charge in [0, 0.05) is 6.54 Å². The van der Waals surface area contributed by atoms with Crippen molar-refractivity contribution < 1.29 is 24.5 Å². The molecule has 3 N–H and O–H groups in total. The molecule has 1 aliphatic heterocycles. The molecule has 1 saturated carbocycles. The minimum atomic E-state index is -1.82. The zero-order valence-corrected chi connectivity index (χ0v) is 12.9. The van der Waals surface area contributed by atoms with E-state index in [2.05, 4.69) is 35.4 Å². The monoisotopic (exact) mass is 320 g/mol. The predicted molar refractivity (Wildman–Crippen MR) is 84.1 cm³/mol. The summed E-state index contributed by atoms with van der Waals surface area (Å²) >= 11 is 0. The molecule has 0 aromatic heterocycles. The lowest BCUT2D eigenvalue weighted by Crippen LogP contribution is -2.33. The van der Waals surface area contributed by atoms with Crippen molar-refractivity contribution in [2.45, 2.75) is 31.8 Å². The Labute approximate surface area is 134 Å². The first kappa shape index (κ1) is 16.8. The molecule has 1 atom stereocenters. The van der Waals surface area contributed by atoms with Gasteiger partial charge in [0.05, 0.1) is 6.54 Å². The number of nitrogens with one attached hydrogen (secondary N) is 1. The Morgan fingerprint density at radius 2 is 1.91 bits per heavy atom. The molecule has 0 saturated heterocycles. The van der Waals surface area contributed by atoms with Gasteiger partial charge < -0.3 is 20.3 Å². The van der Waals surface area contributed by atoms with Gasteiger partial charge in [0.25, 0.3) is 0 Å². The normalized spacial score (nSPS) is 17.2. The van der Waals surface area contributed by atoms with Crippen molar-refractivity contribution in [1.29, 1.82) is 0 Å². The Balaban J connectivity index is 0.000000277. The standard InChI is InChI=1S/C14H18N2O.C2H2O4/c1-10(14-15-8-9-16-14)17-13-5-3-2-4-12(13)11-6-7-11;3-1(4)2(5)6/h2-5,10-11H,6-9H2,1H3,(H,15,16);(H,3,4)(H,5,6)/t10-;/m1./s1. The molecular formula is C16H20N2O5. The molecule has 3 rings (SSSR count). The lowest BCUT2D eigenvalue weighted by atomic mass is 10.1. The highest BCUT2D eigenvalue weighted by Crippen LogP contribution is 2.44. The van der Waals surface area contributed by atoms with Crippen LogP contribution in [0.2, 0.25) is 0 Å². The van der Waals surface area contributed by atoms with Gasteiger partial charge in [-0.1, -0.05) is 18.2 Å². The number of carboxylic acids is 2. The number of para-hydroxylation sites is 1. The summed E-state index contributed by atoms with van der Waals surface area (Å²) in [5.74, 6) is -0.920. The van der Waals surface area contributed by atoms with Crippen LogP contribution in [0.25, 0.3) is 0 Å². The number of amidine groups is 1. The van der Waals surface area contributed by atoms with Crippen LogP contribution in [-0.2, 0) is 9.59 Å². The van der Waals surface area contributed by atoms with E-state index in [0.29, 0.717) is 0 Å². The third-order valence-corrected chi connectivity index (χ3v) is 3.51. The zero-order chi connectivity index (χ0) is 16.8. The van der Waals surface area contributed by atoms with E-state index in [-0.39, 0.29) is 6.10 Å². The number of carboxylic acid groups (broad SMARTS) is 2. The van der Waals surface area contributed by atoms with Crippen molar-refractivity contribution in [2.75, 3.05) is 13.1 Å². The van der Waals surface area contributed by atoms with Crippen molar-refractivity contribution in [2.24, 2.45) is 4.99 Å². The Kier molecular flexibility index (Phi) is 5.56. The summed E-state index contributed by atoms with van der Waals surface area (Å²) in [6, 6.07) is 8.39. The van der Waals surface area contributed by atoms with Crippen molar-refractivity contribution in [3.05, 3.63) is 29.8 Å². The summed E-state index contributed by atoms with van der Waals surface area (Å²) < 4.78 is 6.04. The van der Waals surface area contributed by atoms with E-state index in [1.54, 1.807) is 0 Å². The quantitative estimate of drug-likeness (QED) is 0.725. The molecule has 7 heteroatoms. The van der Waals surface area contributed by atoms with Gasteiger partial charge in [-0.2, -0.15) is 0 Å². The summed E-state index contributed by atoms with van der Waals surface area (Å²) in [6.07, 6.45) is 2.62. The number of rotatable bonds is 4. The van der Waals surface area contributed by atoms with Crippen LogP contribution in [0.4, 0.5) is 0 Å². The Morgan fingerprint density at radius 3 is 2.43 bits per heavy atom. The summed E-state index contributed by atoms with van der Waals surface area (Å²) in [7, 11) is 0. The molecule has 1 fully saturated rings. The predicted octanol–water partition coefficient (Wildman–Crippen LogP) is 1.49. The molecule has 0 unspecified atom stereocenters. The number of aliphatic imine (C=N–C) groups is 1. The fourth-order valence-corrected chi connectivity index (χ4v) is 2.25. The highest BCUT2D eigenvalue weighted by atomic mass is 16.5. The number of carbonyl (C=O) groups is 2. The maximum Gasteiger partial charge on any atom is 0.414 e. The van der Waals surface area contributed by atoms with Gasteiger partial charge in [0.1, 0.15) is 11.6 Å². The van der Waals surface area contributed by atoms with E-state index in [1.165, 1.54) is 18.4 Å². The minimum Gasteiger partial charge on any atom is -0.483 e. The van der Waals surface area contributed by atoms with Crippen LogP contribution < -0.4 is 10.1 Å². The van der Waals surface area contributed by atoms with E-state index < -0.39 is 11.9 Å². The van der Waals surface area contributed by atoms with Crippen LogP contribution >= 0.6 is 0 Å². The van der Waals surface area contributed by atoms with Crippen molar-refractivity contribution in [3.63, 3.8) is 0 Å². The number of hydrogen-bond acceptors (Lipinski definition) is 5. The van der Waals surface area contributed by atoms with Crippen LogP contribution in [0.1, 0.15) is 31.2 Å². The molecule has 2 aliphatic rings. The van der Waals surface area contributed by atoms with Crippen molar-refractivity contribution in [1.82, 2.24) is 5.32 Å². The Bertz CT molecular complexity index is 598. The van der Waals surface area contributed by atoms with Gasteiger partial charge in [0.2, 0.25) is 0 Å². The lowest BCUT2D eigenvalue weighted by molar-refractivity contribution is -0.159. The molecule has 1 heterocycles. The summed E-state index contributed by atoms with van der Waals surface area (Å²) in [5.41, 5.74) is 1.36. The fourth-order valence-electron chi connectivity index (χ4n) is 2.25. The van der Waals surface area contributed by atoms with Crippen LogP contribution in [0.3, 0.4) is 0 Å². The first-order chi connectivity index (χ1) is 11.0. The van der Waals surface area contributed by atoms with Crippen molar-refractivity contribution in [3.8, 4) is 5.75 Å². The topological polar surface area (TPSA) is 108 Å². The largest absolute Gasteiger partial charge is 0.483 e. The van der Waals surface area contributed by atoms with E-state index in [0.717, 1.165) is 30.6 Å². The summed E-state index contributed by atoms with van der Waals surface area (Å²) in [4.78, 5) is 22.6. The number of hydrogen-bond donors (Lipinski definition) is 3. The summed E-state index contributed by atoms with van der Waals surface area (Å²) in [5, 5.41) is 18.0. The molecule has 0 amide bonds. The molecule has 124 valence electrons. The third-order valence-electron chi connectivity index (χ3n) is 3.51. The van der Waals surface area contributed by atoms with Gasteiger partial charge in [0.15, 0.2) is 6.10 Å². The molecular weight excluding hydrogens is 300 g/mol. The average Bonchev–Trinajstić information content (AvgIpc) is 3.22. The minimum absolute atomic E-state index is 0.0254. The molecule has 0 spiro atoms. The number of nitrogens with zero attached hydrogens (tertiary/aromatic N) is 1. The molecule has 0 bridgehead atoms. The second kappa shape index (κ2) is 7.62. The van der Waals surface area contributed by atoms with Gasteiger partial charge in [-0.05, 0) is 37.3 Å². The summed E-state index contributed by atoms with van der Waals surface area (Å²) in [6.45, 7) is 3.86. The van der Waals surface area contributed by atoms with Gasteiger partial charge in [-0.15, -0.1) is 0 Å². The second-order valence-corrected chi connectivity index (χ2v) is 5.38. The smallest absolute Gasteiger partial charge is 0.414 e.